The van der Waals surface area contributed by atoms with Gasteiger partial charge in [0.15, 0.2) is 0 Å². The highest BCUT2D eigenvalue weighted by Crippen LogP contribution is 2.34. The first-order chi connectivity index (χ1) is 14.2. The van der Waals surface area contributed by atoms with Gasteiger partial charge in [-0.3, -0.25) is 14.5 Å². The normalized spacial score (nSPS) is 12.2. The van der Waals surface area contributed by atoms with Gasteiger partial charge in [0.2, 0.25) is 0 Å². The minimum atomic E-state index is -5.14. The van der Waals surface area contributed by atoms with Gasteiger partial charge in [-0.2, -0.15) is 26.3 Å². The van der Waals surface area contributed by atoms with Gasteiger partial charge in [-0.05, 0) is 30.2 Å². The predicted molar refractivity (Wildman–Crippen MR) is 93.0 cm³/mol. The fourth-order valence-corrected chi connectivity index (χ4v) is 2.75. The number of rotatable bonds is 4. The third-order valence-electron chi connectivity index (χ3n) is 4.11. The fraction of sp³-hybridized carbons (Fsp3) is 0.300. The van der Waals surface area contributed by atoms with Crippen molar-refractivity contribution in [1.29, 1.82) is 0 Å². The van der Waals surface area contributed by atoms with Crippen molar-refractivity contribution >= 4 is 11.8 Å². The molecule has 0 saturated carbocycles. The molecule has 3 nitrogen and oxygen atoms in total. The third kappa shape index (κ3) is 5.20. The number of carbonyl (C=O) groups excluding carboxylic acids is 2. The van der Waals surface area contributed by atoms with Gasteiger partial charge in [-0.25, -0.2) is 8.78 Å². The van der Waals surface area contributed by atoms with Crippen molar-refractivity contribution in [2.24, 2.45) is 5.92 Å². The summed E-state index contributed by atoms with van der Waals surface area (Å²) in [5.41, 5.74) is -5.78. The maximum atomic E-state index is 14.4. The number of carbonyl (C=O) groups is 2. The lowest BCUT2D eigenvalue weighted by Crippen LogP contribution is -2.40. The Bertz CT molecular complexity index is 920. The van der Waals surface area contributed by atoms with Crippen LogP contribution in [0.1, 0.15) is 45.7 Å². The first-order valence-electron chi connectivity index (χ1n) is 8.73. The van der Waals surface area contributed by atoms with Crippen LogP contribution in [0.15, 0.2) is 36.4 Å². The molecule has 0 fully saturated rings. The summed E-state index contributed by atoms with van der Waals surface area (Å²) in [4.78, 5) is 25.7. The van der Waals surface area contributed by atoms with E-state index in [2.05, 4.69) is 0 Å². The van der Waals surface area contributed by atoms with Crippen LogP contribution in [0.2, 0.25) is 0 Å². The molecule has 0 heterocycles. The van der Waals surface area contributed by atoms with Crippen LogP contribution in [-0.4, -0.2) is 23.3 Å². The zero-order chi connectivity index (χ0) is 23.7. The van der Waals surface area contributed by atoms with Gasteiger partial charge in [0, 0.05) is 6.54 Å². The van der Waals surface area contributed by atoms with E-state index >= 15 is 0 Å². The Kier molecular flexibility index (Phi) is 6.77. The smallest absolute Gasteiger partial charge is 0.274 e. The topological polar surface area (TPSA) is 37.4 Å². The van der Waals surface area contributed by atoms with Crippen LogP contribution >= 0.6 is 0 Å². The number of halogens is 8. The Morgan fingerprint density at radius 2 is 1.13 bits per heavy atom. The highest BCUT2D eigenvalue weighted by molar-refractivity contribution is 6.10. The maximum absolute atomic E-state index is 14.4. The summed E-state index contributed by atoms with van der Waals surface area (Å²) in [6, 6.07) is 3.62. The number of nitrogens with zero attached hydrogens (tertiary/aromatic N) is 1. The third-order valence-corrected chi connectivity index (χ3v) is 4.11. The van der Waals surface area contributed by atoms with Crippen molar-refractivity contribution in [3.63, 3.8) is 0 Å². The van der Waals surface area contributed by atoms with Crippen LogP contribution in [0.5, 0.6) is 0 Å². The van der Waals surface area contributed by atoms with Crippen molar-refractivity contribution in [3.05, 3.63) is 70.3 Å². The molecule has 0 aliphatic heterocycles. The summed E-state index contributed by atoms with van der Waals surface area (Å²) >= 11 is 0. The van der Waals surface area contributed by atoms with Crippen molar-refractivity contribution in [1.82, 2.24) is 4.90 Å². The van der Waals surface area contributed by atoms with Gasteiger partial charge in [-0.1, -0.05) is 26.0 Å². The molecule has 0 atom stereocenters. The molecule has 0 bridgehead atoms. The molecule has 11 heteroatoms. The van der Waals surface area contributed by atoms with Gasteiger partial charge in [0.1, 0.15) is 11.6 Å². The van der Waals surface area contributed by atoms with E-state index in [4.69, 9.17) is 0 Å². The number of benzene rings is 2. The molecule has 2 rings (SSSR count). The lowest BCUT2D eigenvalue weighted by molar-refractivity contribution is -0.140. The number of alkyl halides is 6. The first-order valence-corrected chi connectivity index (χ1v) is 8.73. The maximum Gasteiger partial charge on any atom is 0.419 e. The van der Waals surface area contributed by atoms with Crippen LogP contribution in [0, 0.1) is 17.6 Å². The van der Waals surface area contributed by atoms with Crippen molar-refractivity contribution in [2.75, 3.05) is 6.54 Å². The molecule has 2 aromatic carbocycles. The van der Waals surface area contributed by atoms with Gasteiger partial charge < -0.3 is 0 Å². The number of imide groups is 1. The molecular weight excluding hydrogens is 438 g/mol. The van der Waals surface area contributed by atoms with E-state index in [1.54, 1.807) is 0 Å². The van der Waals surface area contributed by atoms with E-state index in [9.17, 15) is 44.7 Å². The van der Waals surface area contributed by atoms with E-state index < -0.39 is 70.5 Å². The van der Waals surface area contributed by atoms with Gasteiger partial charge in [-0.15, -0.1) is 0 Å². The molecule has 0 aliphatic rings. The molecule has 0 spiro atoms. The minimum Gasteiger partial charge on any atom is -0.274 e. The zero-order valence-corrected chi connectivity index (χ0v) is 16.0. The van der Waals surface area contributed by atoms with E-state index in [1.165, 1.54) is 13.8 Å². The SMILES string of the molecule is CC(C)CN(C(=O)c1cccc(C(F)(F)F)c1F)C(=O)c1cccc(C(F)(F)F)c1F. The van der Waals surface area contributed by atoms with E-state index in [-0.39, 0.29) is 4.90 Å². The standard InChI is InChI=1S/C20H15F8NO2/c1-10(2)9-29(17(30)11-5-3-7-13(15(11)21)19(23,24)25)18(31)12-6-4-8-14(16(12)22)20(26,27)28/h3-8,10H,9H2,1-2H3. The van der Waals surface area contributed by atoms with Gasteiger partial charge >= 0.3 is 12.4 Å². The Morgan fingerprint density at radius 3 is 1.42 bits per heavy atom. The monoisotopic (exact) mass is 453 g/mol. The molecule has 2 amide bonds. The average molecular weight is 453 g/mol. The van der Waals surface area contributed by atoms with E-state index in [0.717, 1.165) is 12.1 Å². The van der Waals surface area contributed by atoms with Gasteiger partial charge in [0.25, 0.3) is 11.8 Å². The van der Waals surface area contributed by atoms with Crippen molar-refractivity contribution < 1.29 is 44.7 Å². The summed E-state index contributed by atoms with van der Waals surface area (Å²) in [6.07, 6.45) is -10.3. The Morgan fingerprint density at radius 1 is 0.774 bits per heavy atom. The fourth-order valence-electron chi connectivity index (χ4n) is 2.75. The molecule has 0 aromatic heterocycles. The molecule has 168 valence electrons. The zero-order valence-electron chi connectivity index (χ0n) is 16.0. The average Bonchev–Trinajstić information content (AvgIpc) is 2.63. The molecule has 2 aromatic rings. The Labute approximate surface area is 171 Å². The molecule has 0 radical (unpaired) electrons. The van der Waals surface area contributed by atoms with Crippen molar-refractivity contribution in [2.45, 2.75) is 26.2 Å². The molecule has 31 heavy (non-hydrogen) atoms. The second-order valence-electron chi connectivity index (χ2n) is 6.94. The summed E-state index contributed by atoms with van der Waals surface area (Å²) in [5.74, 6) is -7.51. The predicted octanol–water partition coefficient (Wildman–Crippen LogP) is 5.94. The quantitative estimate of drug-likeness (QED) is 0.425. The first kappa shape index (κ1) is 24.3. The largest absolute Gasteiger partial charge is 0.419 e. The highest BCUT2D eigenvalue weighted by atomic mass is 19.4. The summed E-state index contributed by atoms with van der Waals surface area (Å²) in [5, 5.41) is 0. The number of hydrogen-bond acceptors (Lipinski definition) is 2. The highest BCUT2D eigenvalue weighted by Gasteiger charge is 2.39. The van der Waals surface area contributed by atoms with Crippen LogP contribution < -0.4 is 0 Å². The van der Waals surface area contributed by atoms with Crippen LogP contribution in [0.25, 0.3) is 0 Å². The summed E-state index contributed by atoms with van der Waals surface area (Å²) < 4.78 is 106. The lowest BCUT2D eigenvalue weighted by Gasteiger charge is -2.24. The van der Waals surface area contributed by atoms with Crippen LogP contribution in [-0.2, 0) is 12.4 Å². The van der Waals surface area contributed by atoms with Crippen molar-refractivity contribution in [3.8, 4) is 0 Å². The summed E-state index contributed by atoms with van der Waals surface area (Å²) in [7, 11) is 0. The molecular formula is C20H15F8NO2. The minimum absolute atomic E-state index is 0.224. The summed E-state index contributed by atoms with van der Waals surface area (Å²) in [6.45, 7) is 2.46. The van der Waals surface area contributed by atoms with Crippen LogP contribution in [0.4, 0.5) is 35.1 Å². The Balaban J connectivity index is 2.58. The van der Waals surface area contributed by atoms with Crippen LogP contribution in [0.3, 0.4) is 0 Å². The molecule has 0 saturated heterocycles. The van der Waals surface area contributed by atoms with Gasteiger partial charge in [0.05, 0.1) is 22.3 Å². The molecule has 0 N–H and O–H groups in total. The second kappa shape index (κ2) is 8.64. The molecule has 0 aliphatic carbocycles. The number of amides is 2. The van der Waals surface area contributed by atoms with E-state index in [1.807, 2.05) is 0 Å². The number of hydrogen-bond donors (Lipinski definition) is 0. The van der Waals surface area contributed by atoms with E-state index in [0.29, 0.717) is 24.3 Å². The molecule has 0 unspecified atom stereocenters. The Hall–Kier alpha value is -2.98. The lowest BCUT2D eigenvalue weighted by atomic mass is 10.0. The second-order valence-corrected chi connectivity index (χ2v) is 6.94.